The summed E-state index contributed by atoms with van der Waals surface area (Å²) in [6.45, 7) is 3.33. The van der Waals surface area contributed by atoms with Crippen molar-refractivity contribution in [3.63, 3.8) is 0 Å². The number of nitrogens with zero attached hydrogens (tertiary/aromatic N) is 3. The fourth-order valence-electron chi connectivity index (χ4n) is 3.69. The summed E-state index contributed by atoms with van der Waals surface area (Å²) in [5, 5.41) is 7.13. The second-order valence-corrected chi connectivity index (χ2v) is 7.51. The van der Waals surface area contributed by atoms with E-state index in [9.17, 15) is 14.4 Å². The van der Waals surface area contributed by atoms with Crippen molar-refractivity contribution in [2.45, 2.75) is 26.3 Å². The van der Waals surface area contributed by atoms with Gasteiger partial charge >= 0.3 is 5.97 Å². The van der Waals surface area contributed by atoms with E-state index in [0.717, 1.165) is 5.69 Å². The minimum atomic E-state index is -0.641. The maximum absolute atomic E-state index is 13.2. The summed E-state index contributed by atoms with van der Waals surface area (Å²) in [4.78, 5) is 39.4. The van der Waals surface area contributed by atoms with Crippen LogP contribution in [0.5, 0.6) is 5.75 Å². The number of ether oxygens (including phenoxy) is 2. The molecule has 9 nitrogen and oxygen atoms in total. The summed E-state index contributed by atoms with van der Waals surface area (Å²) < 4.78 is 12.4. The Labute approximate surface area is 190 Å². The number of nitrogens with one attached hydrogen (secondary N) is 1. The average molecular weight is 448 g/mol. The van der Waals surface area contributed by atoms with Gasteiger partial charge in [-0.05, 0) is 38.1 Å². The van der Waals surface area contributed by atoms with Crippen LogP contribution in [0, 0.1) is 0 Å². The van der Waals surface area contributed by atoms with Crippen molar-refractivity contribution in [2.24, 2.45) is 0 Å². The SMILES string of the molecule is CCOC(=O)c1nn(-c2ccccc2)cc1OCC(=O)N1c2ccccc2NC(=O)CC1C. The van der Waals surface area contributed by atoms with Crippen molar-refractivity contribution >= 4 is 29.2 Å². The summed E-state index contributed by atoms with van der Waals surface area (Å²) in [5.41, 5.74) is 1.86. The van der Waals surface area contributed by atoms with Gasteiger partial charge in [0.2, 0.25) is 11.6 Å². The number of hydrogen-bond donors (Lipinski definition) is 1. The standard InChI is InChI=1S/C24H24N4O5/c1-3-32-24(31)23-20(14-27(26-23)17-9-5-4-6-10-17)33-15-22(30)28-16(2)13-21(29)25-18-11-7-8-12-19(18)28/h4-12,14,16H,3,13,15H2,1-2H3,(H,25,29). The summed E-state index contributed by atoms with van der Waals surface area (Å²) in [7, 11) is 0. The highest BCUT2D eigenvalue weighted by Crippen LogP contribution is 2.31. The van der Waals surface area contributed by atoms with Crippen LogP contribution in [0.1, 0.15) is 30.8 Å². The van der Waals surface area contributed by atoms with Crippen LogP contribution in [0.25, 0.3) is 5.69 Å². The quantitative estimate of drug-likeness (QED) is 0.581. The van der Waals surface area contributed by atoms with Crippen LogP contribution in [0.4, 0.5) is 11.4 Å². The molecule has 170 valence electrons. The first-order valence-electron chi connectivity index (χ1n) is 10.6. The van der Waals surface area contributed by atoms with Crippen LogP contribution in [-0.4, -0.2) is 46.8 Å². The van der Waals surface area contributed by atoms with E-state index in [-0.39, 0.29) is 48.9 Å². The molecule has 1 aliphatic heterocycles. The Kier molecular flexibility index (Phi) is 6.39. The number of benzene rings is 2. The molecule has 1 unspecified atom stereocenters. The lowest BCUT2D eigenvalue weighted by atomic mass is 10.1. The average Bonchev–Trinajstić information content (AvgIpc) is 3.18. The van der Waals surface area contributed by atoms with Crippen LogP contribution in [0.3, 0.4) is 0 Å². The molecule has 1 aliphatic rings. The zero-order valence-corrected chi connectivity index (χ0v) is 18.4. The van der Waals surface area contributed by atoms with E-state index >= 15 is 0 Å². The molecule has 0 saturated carbocycles. The predicted molar refractivity (Wildman–Crippen MR) is 122 cm³/mol. The molecule has 1 aromatic heterocycles. The molecule has 0 radical (unpaired) electrons. The molecule has 2 heterocycles. The summed E-state index contributed by atoms with van der Waals surface area (Å²) in [5.74, 6) is -1.03. The van der Waals surface area contributed by atoms with Crippen molar-refractivity contribution in [3.8, 4) is 11.4 Å². The fourth-order valence-corrected chi connectivity index (χ4v) is 3.69. The summed E-state index contributed by atoms with van der Waals surface area (Å²) in [6.07, 6.45) is 1.69. The molecule has 33 heavy (non-hydrogen) atoms. The largest absolute Gasteiger partial charge is 0.479 e. The van der Waals surface area contributed by atoms with Gasteiger partial charge in [-0.15, -0.1) is 0 Å². The van der Waals surface area contributed by atoms with Crippen LogP contribution >= 0.6 is 0 Å². The first-order chi connectivity index (χ1) is 16.0. The fraction of sp³-hybridized carbons (Fsp3) is 0.250. The molecule has 2 aromatic carbocycles. The lowest BCUT2D eigenvalue weighted by Crippen LogP contribution is -2.41. The second-order valence-electron chi connectivity index (χ2n) is 7.51. The van der Waals surface area contributed by atoms with E-state index in [1.165, 1.54) is 4.68 Å². The zero-order valence-electron chi connectivity index (χ0n) is 18.4. The van der Waals surface area contributed by atoms with Crippen molar-refractivity contribution in [1.82, 2.24) is 9.78 Å². The smallest absolute Gasteiger partial charge is 0.362 e. The van der Waals surface area contributed by atoms with E-state index in [4.69, 9.17) is 9.47 Å². The number of carbonyl (C=O) groups is 3. The highest BCUT2D eigenvalue weighted by atomic mass is 16.5. The van der Waals surface area contributed by atoms with E-state index in [0.29, 0.717) is 11.4 Å². The van der Waals surface area contributed by atoms with Gasteiger partial charge in [0.1, 0.15) is 0 Å². The number of para-hydroxylation sites is 3. The number of hydrogen-bond acceptors (Lipinski definition) is 6. The van der Waals surface area contributed by atoms with Crippen LogP contribution in [0.15, 0.2) is 60.8 Å². The van der Waals surface area contributed by atoms with Gasteiger partial charge < -0.3 is 19.7 Å². The van der Waals surface area contributed by atoms with Crippen LogP contribution in [-0.2, 0) is 14.3 Å². The third-order valence-corrected chi connectivity index (χ3v) is 5.15. The predicted octanol–water partition coefficient (Wildman–Crippen LogP) is 3.19. The van der Waals surface area contributed by atoms with Gasteiger partial charge in [-0.25, -0.2) is 9.48 Å². The van der Waals surface area contributed by atoms with E-state index in [2.05, 4.69) is 10.4 Å². The Morgan fingerprint density at radius 3 is 2.61 bits per heavy atom. The number of aromatic nitrogens is 2. The zero-order chi connectivity index (χ0) is 23.4. The van der Waals surface area contributed by atoms with Gasteiger partial charge in [-0.3, -0.25) is 9.59 Å². The van der Waals surface area contributed by atoms with E-state index in [1.54, 1.807) is 49.2 Å². The number of anilines is 2. The van der Waals surface area contributed by atoms with Gasteiger partial charge in [-0.2, -0.15) is 5.10 Å². The summed E-state index contributed by atoms with van der Waals surface area (Å²) >= 11 is 0. The third kappa shape index (κ3) is 4.72. The number of amides is 2. The lowest BCUT2D eigenvalue weighted by molar-refractivity contribution is -0.121. The number of fused-ring (bicyclic) bond motifs is 1. The first-order valence-corrected chi connectivity index (χ1v) is 10.6. The normalized spacial score (nSPS) is 15.3. The third-order valence-electron chi connectivity index (χ3n) is 5.15. The molecule has 0 aliphatic carbocycles. The van der Waals surface area contributed by atoms with E-state index < -0.39 is 5.97 Å². The molecule has 0 saturated heterocycles. The molecule has 1 atom stereocenters. The van der Waals surface area contributed by atoms with Crippen molar-refractivity contribution in [2.75, 3.05) is 23.4 Å². The molecule has 1 N–H and O–H groups in total. The molecule has 9 heteroatoms. The molecule has 4 rings (SSSR count). The Morgan fingerprint density at radius 2 is 1.85 bits per heavy atom. The molecule has 0 spiro atoms. The van der Waals surface area contributed by atoms with Crippen LogP contribution in [0.2, 0.25) is 0 Å². The molecule has 3 aromatic rings. The van der Waals surface area contributed by atoms with Crippen molar-refractivity contribution in [1.29, 1.82) is 0 Å². The Balaban J connectivity index is 1.59. The summed E-state index contributed by atoms with van der Waals surface area (Å²) in [6, 6.07) is 16.0. The Morgan fingerprint density at radius 1 is 1.12 bits per heavy atom. The number of carbonyl (C=O) groups excluding carboxylic acids is 3. The van der Waals surface area contributed by atoms with Crippen LogP contribution < -0.4 is 15.0 Å². The second kappa shape index (κ2) is 9.56. The van der Waals surface area contributed by atoms with Gasteiger partial charge in [0.05, 0.1) is 29.9 Å². The Hall–Kier alpha value is -4.14. The van der Waals surface area contributed by atoms with Gasteiger partial charge in [0.25, 0.3) is 5.91 Å². The molecule has 0 fully saturated rings. The molecule has 0 bridgehead atoms. The first kappa shape index (κ1) is 22.1. The lowest BCUT2D eigenvalue weighted by Gasteiger charge is -2.27. The monoisotopic (exact) mass is 448 g/mol. The topological polar surface area (TPSA) is 103 Å². The van der Waals surface area contributed by atoms with Gasteiger partial charge in [-0.1, -0.05) is 30.3 Å². The van der Waals surface area contributed by atoms with Gasteiger partial charge in [0.15, 0.2) is 12.4 Å². The molecular formula is C24H24N4O5. The minimum Gasteiger partial charge on any atom is -0.479 e. The molecular weight excluding hydrogens is 424 g/mol. The maximum Gasteiger partial charge on any atom is 0.362 e. The minimum absolute atomic E-state index is 0.0188. The molecule has 2 amide bonds. The van der Waals surface area contributed by atoms with Gasteiger partial charge in [0, 0.05) is 12.5 Å². The number of esters is 1. The van der Waals surface area contributed by atoms with Crippen molar-refractivity contribution in [3.05, 3.63) is 66.5 Å². The van der Waals surface area contributed by atoms with E-state index in [1.807, 2.05) is 30.3 Å². The number of rotatable bonds is 6. The highest BCUT2D eigenvalue weighted by molar-refractivity contribution is 6.04. The van der Waals surface area contributed by atoms with Crippen molar-refractivity contribution < 1.29 is 23.9 Å². The maximum atomic E-state index is 13.2. The Bertz CT molecular complexity index is 1170. The highest BCUT2D eigenvalue weighted by Gasteiger charge is 2.30.